The lowest BCUT2D eigenvalue weighted by molar-refractivity contribution is -0.133. The molecule has 0 aromatic carbocycles. The Morgan fingerprint density at radius 3 is 1.73 bits per heavy atom. The van der Waals surface area contributed by atoms with E-state index in [2.05, 4.69) is 22.0 Å². The summed E-state index contributed by atoms with van der Waals surface area (Å²) >= 11 is 0. The zero-order valence-corrected chi connectivity index (χ0v) is 7.32. The molecule has 0 aliphatic heterocycles. The first-order chi connectivity index (χ1) is 5.20. The number of hydrogen-bond donors (Lipinski definition) is 0. The van der Waals surface area contributed by atoms with E-state index < -0.39 is 21.9 Å². The number of hydrogen-bond acceptors (Lipinski definition) is 4. The highest BCUT2D eigenvalue weighted by molar-refractivity contribution is 6.27. The van der Waals surface area contributed by atoms with E-state index in [4.69, 9.17) is 0 Å². The Kier molecular flexibility index (Phi) is 4.75. The van der Waals surface area contributed by atoms with Crippen LogP contribution in [0.2, 0.25) is 0 Å². The Balaban J connectivity index is 3.41. The topological polar surface area (TPSA) is 52.6 Å². The first-order valence-corrected chi connectivity index (χ1v) is 3.94. The van der Waals surface area contributed by atoms with Gasteiger partial charge in [0.25, 0.3) is 0 Å². The Hall–Kier alpha value is -1.36. The summed E-state index contributed by atoms with van der Waals surface area (Å²) in [5.74, 6) is -1.15. The van der Waals surface area contributed by atoms with Gasteiger partial charge < -0.3 is 8.85 Å². The minimum absolute atomic E-state index is 0.575. The molecule has 0 aromatic rings. The molecule has 0 bridgehead atoms. The lowest BCUT2D eigenvalue weighted by Gasteiger charge is -2.00. The van der Waals surface area contributed by atoms with Crippen LogP contribution in [0.1, 0.15) is 0 Å². The van der Waals surface area contributed by atoms with Gasteiger partial charge in [0, 0.05) is 12.2 Å². The lowest BCUT2D eigenvalue weighted by atomic mass is 10.7. The van der Waals surface area contributed by atoms with E-state index in [-0.39, 0.29) is 0 Å². The molecule has 0 saturated heterocycles. The summed E-state index contributed by atoms with van der Waals surface area (Å²) in [7, 11) is -1.55. The van der Waals surface area contributed by atoms with Crippen LogP contribution in [0.25, 0.3) is 0 Å². The van der Waals surface area contributed by atoms with Crippen LogP contribution in [0, 0.1) is 0 Å². The van der Waals surface area contributed by atoms with Crippen molar-refractivity contribution in [2.75, 3.05) is 0 Å². The highest BCUT2D eigenvalue weighted by atomic mass is 28.3. The van der Waals surface area contributed by atoms with E-state index in [1.807, 2.05) is 0 Å². The second-order valence-corrected chi connectivity index (χ2v) is 2.27. The molecular formula is C6H8O4Si. The predicted octanol–water partition coefficient (Wildman–Crippen LogP) is -0.556. The van der Waals surface area contributed by atoms with Crippen molar-refractivity contribution in [1.82, 2.24) is 0 Å². The van der Waals surface area contributed by atoms with Crippen LogP contribution < -0.4 is 0 Å². The first-order valence-electron chi connectivity index (χ1n) is 2.79. The Morgan fingerprint density at radius 1 is 1.09 bits per heavy atom. The van der Waals surface area contributed by atoms with Crippen molar-refractivity contribution >= 4 is 21.9 Å². The Labute approximate surface area is 66.6 Å². The van der Waals surface area contributed by atoms with E-state index in [9.17, 15) is 9.59 Å². The van der Waals surface area contributed by atoms with Gasteiger partial charge in [-0.2, -0.15) is 0 Å². The van der Waals surface area contributed by atoms with Crippen LogP contribution in [-0.2, 0) is 18.4 Å². The van der Waals surface area contributed by atoms with Gasteiger partial charge in [-0.3, -0.25) is 0 Å². The molecule has 0 aliphatic rings. The first kappa shape index (κ1) is 9.64. The van der Waals surface area contributed by atoms with Crippen molar-refractivity contribution in [3.8, 4) is 0 Å². The molecule has 0 unspecified atom stereocenters. The molecule has 60 valence electrons. The molecule has 0 aromatic heterocycles. The second kappa shape index (κ2) is 5.42. The predicted molar refractivity (Wildman–Crippen MR) is 41.1 cm³/mol. The van der Waals surface area contributed by atoms with E-state index in [1.54, 1.807) is 0 Å². The maximum Gasteiger partial charge on any atom is 0.432 e. The van der Waals surface area contributed by atoms with Gasteiger partial charge in [0.1, 0.15) is 0 Å². The molecule has 0 radical (unpaired) electrons. The van der Waals surface area contributed by atoms with Crippen LogP contribution in [0.3, 0.4) is 0 Å². The zero-order chi connectivity index (χ0) is 8.69. The quantitative estimate of drug-likeness (QED) is 0.421. The van der Waals surface area contributed by atoms with Crippen LogP contribution >= 0.6 is 0 Å². The molecule has 0 amide bonds. The largest absolute Gasteiger partial charge is 0.486 e. The van der Waals surface area contributed by atoms with E-state index in [0.29, 0.717) is 0 Å². The van der Waals surface area contributed by atoms with Crippen molar-refractivity contribution in [1.29, 1.82) is 0 Å². The van der Waals surface area contributed by atoms with Crippen molar-refractivity contribution in [3.05, 3.63) is 25.3 Å². The van der Waals surface area contributed by atoms with Crippen molar-refractivity contribution in [2.45, 2.75) is 0 Å². The maximum absolute atomic E-state index is 10.4. The molecule has 0 atom stereocenters. The number of carbonyl (C=O) groups excluding carboxylic acids is 2. The average Bonchev–Trinajstić information content (AvgIpc) is 2.04. The van der Waals surface area contributed by atoms with Gasteiger partial charge >= 0.3 is 21.9 Å². The summed E-state index contributed by atoms with van der Waals surface area (Å²) in [6, 6.07) is 0. The summed E-state index contributed by atoms with van der Waals surface area (Å²) < 4.78 is 8.91. The normalized spacial score (nSPS) is 8.00. The molecular weight excluding hydrogens is 164 g/mol. The molecule has 0 spiro atoms. The molecule has 0 N–H and O–H groups in total. The summed E-state index contributed by atoms with van der Waals surface area (Å²) in [4.78, 5) is 20.7. The van der Waals surface area contributed by atoms with Crippen molar-refractivity contribution < 1.29 is 18.4 Å². The third kappa shape index (κ3) is 5.10. The Bertz CT molecular complexity index is 167. The molecule has 0 rings (SSSR count). The summed E-state index contributed by atoms with van der Waals surface area (Å²) in [5, 5.41) is 0. The van der Waals surface area contributed by atoms with Crippen LogP contribution in [0.4, 0.5) is 0 Å². The fourth-order valence-electron chi connectivity index (χ4n) is 0.263. The van der Waals surface area contributed by atoms with E-state index in [0.717, 1.165) is 12.2 Å². The third-order valence-electron chi connectivity index (χ3n) is 0.736. The van der Waals surface area contributed by atoms with Gasteiger partial charge in [-0.05, 0) is 0 Å². The maximum atomic E-state index is 10.4. The summed E-state index contributed by atoms with van der Waals surface area (Å²) in [6.45, 7) is 6.33. The molecule has 5 heteroatoms. The number of rotatable bonds is 4. The molecule has 4 nitrogen and oxygen atoms in total. The fraction of sp³-hybridized carbons (Fsp3) is 0. The number of carbonyl (C=O) groups is 2. The SMILES string of the molecule is C=CC(=O)O[SiH2]OC(=O)C=C. The van der Waals surface area contributed by atoms with Crippen LogP contribution in [0.15, 0.2) is 25.3 Å². The summed E-state index contributed by atoms with van der Waals surface area (Å²) in [5.41, 5.74) is 0. The van der Waals surface area contributed by atoms with Crippen LogP contribution in [-0.4, -0.2) is 21.9 Å². The minimum Gasteiger partial charge on any atom is -0.486 e. The van der Waals surface area contributed by atoms with Gasteiger partial charge in [-0.15, -0.1) is 0 Å². The zero-order valence-electron chi connectivity index (χ0n) is 5.91. The van der Waals surface area contributed by atoms with Gasteiger partial charge in [-0.1, -0.05) is 13.2 Å². The molecule has 0 saturated carbocycles. The standard InChI is InChI=1S/C6H8O4Si/c1-3-5(7)9-11-10-6(8)4-2/h3-4H,1-2,11H2. The molecule has 0 fully saturated rings. The Morgan fingerprint density at radius 2 is 1.45 bits per heavy atom. The second-order valence-electron chi connectivity index (χ2n) is 1.45. The average molecular weight is 172 g/mol. The highest BCUT2D eigenvalue weighted by Crippen LogP contribution is 1.80. The molecule has 11 heavy (non-hydrogen) atoms. The summed E-state index contributed by atoms with van der Waals surface area (Å²) in [6.07, 6.45) is 2.02. The van der Waals surface area contributed by atoms with Crippen LogP contribution in [0.5, 0.6) is 0 Å². The molecule has 0 heterocycles. The lowest BCUT2D eigenvalue weighted by Crippen LogP contribution is -2.12. The van der Waals surface area contributed by atoms with Gasteiger partial charge in [0.2, 0.25) is 0 Å². The van der Waals surface area contributed by atoms with Crippen molar-refractivity contribution in [3.63, 3.8) is 0 Å². The minimum atomic E-state index is -1.55. The van der Waals surface area contributed by atoms with Gasteiger partial charge in [-0.25, -0.2) is 9.59 Å². The van der Waals surface area contributed by atoms with Gasteiger partial charge in [0.15, 0.2) is 0 Å². The third-order valence-corrected chi connectivity index (χ3v) is 1.54. The van der Waals surface area contributed by atoms with Gasteiger partial charge in [0.05, 0.1) is 0 Å². The smallest absolute Gasteiger partial charge is 0.432 e. The monoisotopic (exact) mass is 172 g/mol. The van der Waals surface area contributed by atoms with Crippen molar-refractivity contribution in [2.24, 2.45) is 0 Å². The highest BCUT2D eigenvalue weighted by Gasteiger charge is 1.98. The fourth-order valence-corrected chi connectivity index (χ4v) is 0.790. The molecule has 0 aliphatic carbocycles. The van der Waals surface area contributed by atoms with E-state index in [1.165, 1.54) is 0 Å². The van der Waals surface area contributed by atoms with E-state index >= 15 is 0 Å².